The summed E-state index contributed by atoms with van der Waals surface area (Å²) in [4.78, 5) is 15.1. The van der Waals surface area contributed by atoms with E-state index in [-0.39, 0.29) is 0 Å². The number of aldehydes is 1. The summed E-state index contributed by atoms with van der Waals surface area (Å²) in [6.07, 6.45) is 7.15. The highest BCUT2D eigenvalue weighted by Gasteiger charge is 2.21. The van der Waals surface area contributed by atoms with Crippen LogP contribution in [-0.4, -0.2) is 6.29 Å². The van der Waals surface area contributed by atoms with Gasteiger partial charge in [-0.15, -0.1) is 11.3 Å². The van der Waals surface area contributed by atoms with Crippen molar-refractivity contribution in [2.24, 2.45) is 0 Å². The number of hydrogen-bond acceptors (Lipinski definition) is 3. The van der Waals surface area contributed by atoms with E-state index in [1.165, 1.54) is 33.8 Å². The first kappa shape index (κ1) is 18.6. The predicted octanol–water partition coefficient (Wildman–Crippen LogP) is 7.30. The van der Waals surface area contributed by atoms with Crippen molar-refractivity contribution in [2.75, 3.05) is 4.90 Å². The van der Waals surface area contributed by atoms with Crippen molar-refractivity contribution in [3.63, 3.8) is 0 Å². The van der Waals surface area contributed by atoms with E-state index in [4.69, 9.17) is 0 Å². The molecule has 0 spiro atoms. The van der Waals surface area contributed by atoms with Gasteiger partial charge in [-0.25, -0.2) is 0 Å². The highest BCUT2D eigenvalue weighted by atomic mass is 32.1. The second-order valence-corrected chi connectivity index (χ2v) is 8.52. The summed E-state index contributed by atoms with van der Waals surface area (Å²) in [5.74, 6) is 0. The maximum atomic E-state index is 10.9. The van der Waals surface area contributed by atoms with Crippen molar-refractivity contribution in [3.8, 4) is 0 Å². The lowest BCUT2D eigenvalue weighted by atomic mass is 10.0. The summed E-state index contributed by atoms with van der Waals surface area (Å²) in [5, 5.41) is 0. The number of aryl methyl sites for hydroxylation is 2. The van der Waals surface area contributed by atoms with Crippen LogP contribution in [0.5, 0.6) is 0 Å². The van der Waals surface area contributed by atoms with Crippen molar-refractivity contribution < 1.29 is 4.79 Å². The fourth-order valence-electron chi connectivity index (χ4n) is 3.99. The number of benzene rings is 3. The molecule has 0 aliphatic carbocycles. The van der Waals surface area contributed by atoms with Gasteiger partial charge in [-0.2, -0.15) is 0 Å². The van der Waals surface area contributed by atoms with Gasteiger partial charge in [0.1, 0.15) is 0 Å². The molecule has 146 valence electrons. The standard InChI is InChI=1S/C27H21NOS/c29-19-25-18-17-24(30-25)16-11-20-9-14-23(15-10-20)28-26-7-3-1-5-21(26)12-13-22-6-2-4-8-27(22)28/h1-11,14-19H,12-13H2/b16-11+. The van der Waals surface area contributed by atoms with Crippen molar-refractivity contribution in [3.05, 3.63) is 111 Å². The molecule has 0 N–H and O–H groups in total. The first-order chi connectivity index (χ1) is 14.8. The van der Waals surface area contributed by atoms with E-state index in [2.05, 4.69) is 89.8 Å². The molecule has 0 bridgehead atoms. The summed E-state index contributed by atoms with van der Waals surface area (Å²) in [7, 11) is 0. The maximum Gasteiger partial charge on any atom is 0.160 e. The van der Waals surface area contributed by atoms with Crippen LogP contribution in [-0.2, 0) is 12.8 Å². The Hall–Kier alpha value is -3.43. The Balaban J connectivity index is 1.50. The third-order valence-electron chi connectivity index (χ3n) is 5.48. The normalized spacial score (nSPS) is 13.0. The van der Waals surface area contributed by atoms with Crippen molar-refractivity contribution in [1.29, 1.82) is 0 Å². The number of para-hydroxylation sites is 2. The Kier molecular flexibility index (Phi) is 5.04. The number of fused-ring (bicyclic) bond motifs is 2. The molecule has 0 unspecified atom stereocenters. The van der Waals surface area contributed by atoms with Gasteiger partial charge in [-0.3, -0.25) is 4.79 Å². The van der Waals surface area contributed by atoms with Crippen molar-refractivity contribution >= 4 is 46.8 Å². The largest absolute Gasteiger partial charge is 0.310 e. The second kappa shape index (κ2) is 8.13. The third-order valence-corrected chi connectivity index (χ3v) is 6.46. The van der Waals surface area contributed by atoms with Gasteiger partial charge in [-0.1, -0.05) is 54.6 Å². The van der Waals surface area contributed by atoms with Crippen LogP contribution in [0.3, 0.4) is 0 Å². The van der Waals surface area contributed by atoms with Crippen LogP contribution in [0.15, 0.2) is 84.9 Å². The lowest BCUT2D eigenvalue weighted by Gasteiger charge is -2.27. The molecule has 0 saturated heterocycles. The van der Waals surface area contributed by atoms with Crippen LogP contribution in [0, 0.1) is 0 Å². The minimum absolute atomic E-state index is 0.753. The van der Waals surface area contributed by atoms with Gasteiger partial charge in [0, 0.05) is 21.9 Å². The Morgan fingerprint density at radius 3 is 1.87 bits per heavy atom. The van der Waals surface area contributed by atoms with Gasteiger partial charge in [0.05, 0.1) is 4.88 Å². The fourth-order valence-corrected chi connectivity index (χ4v) is 4.72. The quantitative estimate of drug-likeness (QED) is 0.331. The monoisotopic (exact) mass is 407 g/mol. The Bertz CT molecular complexity index is 1170. The molecule has 30 heavy (non-hydrogen) atoms. The van der Waals surface area contributed by atoms with E-state index >= 15 is 0 Å². The Labute approximate surface area is 180 Å². The molecule has 1 aliphatic rings. The molecular weight excluding hydrogens is 386 g/mol. The van der Waals surface area contributed by atoms with E-state index < -0.39 is 0 Å². The average molecular weight is 408 g/mol. The zero-order valence-electron chi connectivity index (χ0n) is 16.5. The topological polar surface area (TPSA) is 20.3 Å². The summed E-state index contributed by atoms with van der Waals surface area (Å²) >= 11 is 1.50. The number of carbonyl (C=O) groups is 1. The Morgan fingerprint density at radius 1 is 0.667 bits per heavy atom. The second-order valence-electron chi connectivity index (χ2n) is 7.38. The van der Waals surface area contributed by atoms with Gasteiger partial charge in [-0.05, 0) is 72.0 Å². The molecule has 0 fully saturated rings. The fraction of sp³-hybridized carbons (Fsp3) is 0.0741. The zero-order chi connectivity index (χ0) is 20.3. The number of hydrogen-bond donors (Lipinski definition) is 0. The van der Waals surface area contributed by atoms with E-state index in [9.17, 15) is 4.79 Å². The van der Waals surface area contributed by atoms with Crippen LogP contribution >= 0.6 is 11.3 Å². The number of nitrogens with zero attached hydrogens (tertiary/aromatic N) is 1. The number of thiophene rings is 1. The molecule has 3 heteroatoms. The van der Waals surface area contributed by atoms with Gasteiger partial charge < -0.3 is 4.90 Å². The van der Waals surface area contributed by atoms with Crippen LogP contribution in [0.2, 0.25) is 0 Å². The van der Waals surface area contributed by atoms with Crippen LogP contribution in [0.25, 0.3) is 12.2 Å². The first-order valence-corrected chi connectivity index (χ1v) is 10.9. The van der Waals surface area contributed by atoms with E-state index in [1.807, 2.05) is 12.1 Å². The lowest BCUT2D eigenvalue weighted by Crippen LogP contribution is -2.11. The smallest absolute Gasteiger partial charge is 0.160 e. The maximum absolute atomic E-state index is 10.9. The van der Waals surface area contributed by atoms with Gasteiger partial charge in [0.2, 0.25) is 0 Å². The molecule has 3 aromatic carbocycles. The molecule has 0 radical (unpaired) electrons. The summed E-state index contributed by atoms with van der Waals surface area (Å²) in [5.41, 5.74) is 7.56. The minimum atomic E-state index is 0.753. The van der Waals surface area contributed by atoms with Crippen molar-refractivity contribution in [1.82, 2.24) is 0 Å². The van der Waals surface area contributed by atoms with Gasteiger partial charge in [0.25, 0.3) is 0 Å². The zero-order valence-corrected chi connectivity index (χ0v) is 17.3. The molecule has 4 aromatic rings. The van der Waals surface area contributed by atoms with E-state index in [1.54, 1.807) is 0 Å². The SMILES string of the molecule is O=Cc1ccc(/C=C/c2ccc(N3c4ccccc4CCc4ccccc43)cc2)s1. The van der Waals surface area contributed by atoms with Crippen molar-refractivity contribution in [2.45, 2.75) is 12.8 Å². The summed E-state index contributed by atoms with van der Waals surface area (Å²) < 4.78 is 0. The number of carbonyl (C=O) groups excluding carboxylic acids is 1. The molecule has 0 saturated carbocycles. The summed E-state index contributed by atoms with van der Waals surface area (Å²) in [6.45, 7) is 0. The molecule has 2 heterocycles. The highest BCUT2D eigenvalue weighted by Crippen LogP contribution is 2.41. The third kappa shape index (κ3) is 3.60. The summed E-state index contributed by atoms with van der Waals surface area (Å²) in [6, 6.07) is 29.9. The number of anilines is 3. The molecule has 0 atom stereocenters. The average Bonchev–Trinajstić information content (AvgIpc) is 3.20. The number of rotatable bonds is 4. The van der Waals surface area contributed by atoms with Crippen LogP contribution in [0.4, 0.5) is 17.1 Å². The van der Waals surface area contributed by atoms with Gasteiger partial charge in [0.15, 0.2) is 6.29 Å². The van der Waals surface area contributed by atoms with E-state index in [0.29, 0.717) is 0 Å². The molecule has 0 amide bonds. The predicted molar refractivity (Wildman–Crippen MR) is 127 cm³/mol. The van der Waals surface area contributed by atoms with Crippen LogP contribution in [0.1, 0.15) is 31.2 Å². The highest BCUT2D eigenvalue weighted by molar-refractivity contribution is 7.14. The van der Waals surface area contributed by atoms with E-state index in [0.717, 1.165) is 40.1 Å². The van der Waals surface area contributed by atoms with Gasteiger partial charge >= 0.3 is 0 Å². The molecular formula is C27H21NOS. The minimum Gasteiger partial charge on any atom is -0.310 e. The van der Waals surface area contributed by atoms with Crippen LogP contribution < -0.4 is 4.90 Å². The lowest BCUT2D eigenvalue weighted by molar-refractivity contribution is 0.112. The first-order valence-electron chi connectivity index (χ1n) is 10.1. The molecule has 2 nitrogen and oxygen atoms in total. The molecule has 1 aliphatic heterocycles. The molecule has 1 aromatic heterocycles. The Morgan fingerprint density at radius 2 is 1.27 bits per heavy atom. The molecule has 5 rings (SSSR count).